The predicted molar refractivity (Wildman–Crippen MR) is 49.9 cm³/mol. The van der Waals surface area contributed by atoms with Crippen molar-refractivity contribution < 1.29 is 8.42 Å². The lowest BCUT2D eigenvalue weighted by molar-refractivity contribution is 0.319. The smallest absolute Gasteiger partial charge is 0.148 e. The minimum Gasteiger partial charge on any atom is -0.310 e. The topological polar surface area (TPSA) is 46.2 Å². The first-order valence-corrected chi connectivity index (χ1v) is 6.47. The molecule has 1 N–H and O–H groups in total. The van der Waals surface area contributed by atoms with Crippen molar-refractivity contribution in [2.24, 2.45) is 0 Å². The van der Waals surface area contributed by atoms with Crippen LogP contribution in [0.25, 0.3) is 0 Å². The molecule has 0 heterocycles. The van der Waals surface area contributed by atoms with Gasteiger partial charge in [0.25, 0.3) is 0 Å². The van der Waals surface area contributed by atoms with Crippen LogP contribution in [0.5, 0.6) is 0 Å². The van der Waals surface area contributed by atoms with Gasteiger partial charge in [-0.05, 0) is 19.8 Å². The average molecular weight is 191 g/mol. The monoisotopic (exact) mass is 191 g/mol. The van der Waals surface area contributed by atoms with Gasteiger partial charge in [-0.15, -0.1) is 0 Å². The molecule has 0 aromatic carbocycles. The van der Waals surface area contributed by atoms with E-state index in [1.165, 1.54) is 25.5 Å². The highest BCUT2D eigenvalue weighted by molar-refractivity contribution is 7.90. The van der Waals surface area contributed by atoms with E-state index in [-0.39, 0.29) is 11.8 Å². The van der Waals surface area contributed by atoms with E-state index in [1.807, 2.05) is 6.92 Å². The molecule has 0 amide bonds. The molecule has 1 aliphatic carbocycles. The highest BCUT2D eigenvalue weighted by Gasteiger charge is 2.20. The highest BCUT2D eigenvalue weighted by atomic mass is 32.2. The molecule has 1 rings (SSSR count). The lowest BCUT2D eigenvalue weighted by atomic mass is 9.93. The number of rotatable bonds is 4. The largest absolute Gasteiger partial charge is 0.310 e. The molecule has 0 bridgehead atoms. The number of sulfone groups is 1. The lowest BCUT2D eigenvalue weighted by Crippen LogP contribution is -2.43. The van der Waals surface area contributed by atoms with Crippen molar-refractivity contribution in [1.82, 2.24) is 5.32 Å². The second-order valence-electron chi connectivity index (χ2n) is 3.79. The van der Waals surface area contributed by atoms with Gasteiger partial charge >= 0.3 is 0 Å². The van der Waals surface area contributed by atoms with E-state index in [4.69, 9.17) is 0 Å². The summed E-state index contributed by atoms with van der Waals surface area (Å²) in [5.74, 6) is 0.253. The molecule has 0 aliphatic heterocycles. The summed E-state index contributed by atoms with van der Waals surface area (Å²) < 4.78 is 21.8. The minimum atomic E-state index is -2.82. The Morgan fingerprint density at radius 1 is 1.50 bits per heavy atom. The molecule has 1 fully saturated rings. The summed E-state index contributed by atoms with van der Waals surface area (Å²) >= 11 is 0. The fraction of sp³-hybridized carbons (Fsp3) is 1.00. The van der Waals surface area contributed by atoms with Crippen molar-refractivity contribution in [3.8, 4) is 0 Å². The van der Waals surface area contributed by atoms with Crippen molar-refractivity contribution in [3.63, 3.8) is 0 Å². The molecule has 1 unspecified atom stereocenters. The molecule has 0 radical (unpaired) electrons. The summed E-state index contributed by atoms with van der Waals surface area (Å²) in [5.41, 5.74) is 0. The molecule has 1 atom stereocenters. The van der Waals surface area contributed by atoms with Crippen LogP contribution in [0.1, 0.15) is 26.2 Å². The molecule has 4 heteroatoms. The summed E-state index contributed by atoms with van der Waals surface area (Å²) in [6, 6.07) is 0.673. The normalized spacial score (nSPS) is 21.8. The Morgan fingerprint density at radius 3 is 2.42 bits per heavy atom. The van der Waals surface area contributed by atoms with Crippen LogP contribution in [0.15, 0.2) is 0 Å². The third kappa shape index (κ3) is 3.54. The third-order valence-corrected chi connectivity index (χ3v) is 3.28. The van der Waals surface area contributed by atoms with Crippen molar-refractivity contribution in [1.29, 1.82) is 0 Å². The van der Waals surface area contributed by atoms with Gasteiger partial charge in [0.15, 0.2) is 0 Å². The van der Waals surface area contributed by atoms with E-state index < -0.39 is 9.84 Å². The zero-order valence-corrected chi connectivity index (χ0v) is 8.52. The van der Waals surface area contributed by atoms with Gasteiger partial charge in [0, 0.05) is 18.3 Å². The van der Waals surface area contributed by atoms with Crippen LogP contribution in [0.4, 0.5) is 0 Å². The van der Waals surface area contributed by atoms with Crippen molar-refractivity contribution in [2.75, 3.05) is 12.0 Å². The van der Waals surface area contributed by atoms with E-state index in [0.717, 1.165) is 0 Å². The maximum atomic E-state index is 10.9. The highest BCUT2D eigenvalue weighted by Crippen LogP contribution is 2.18. The first-order valence-electron chi connectivity index (χ1n) is 4.41. The van der Waals surface area contributed by atoms with E-state index >= 15 is 0 Å². The second kappa shape index (κ2) is 3.75. The summed E-state index contributed by atoms with van der Waals surface area (Å²) in [6.07, 6.45) is 4.97. The first-order chi connectivity index (χ1) is 5.47. The molecule has 12 heavy (non-hydrogen) atoms. The van der Waals surface area contributed by atoms with E-state index in [2.05, 4.69) is 5.32 Å². The Hall–Kier alpha value is -0.0900. The van der Waals surface area contributed by atoms with Crippen LogP contribution in [-0.2, 0) is 9.84 Å². The first kappa shape index (κ1) is 9.99. The fourth-order valence-corrected chi connectivity index (χ4v) is 2.48. The second-order valence-corrected chi connectivity index (χ2v) is 5.97. The third-order valence-electron chi connectivity index (χ3n) is 2.18. The van der Waals surface area contributed by atoms with Crippen LogP contribution in [-0.4, -0.2) is 32.5 Å². The van der Waals surface area contributed by atoms with E-state index in [1.54, 1.807) is 0 Å². The quantitative estimate of drug-likeness (QED) is 0.706. The number of hydrogen-bond donors (Lipinski definition) is 1. The SMILES string of the molecule is CC(CS(C)(=O)=O)NC1CCC1. The summed E-state index contributed by atoms with van der Waals surface area (Å²) in [4.78, 5) is 0. The van der Waals surface area contributed by atoms with Crippen molar-refractivity contribution >= 4 is 9.84 Å². The molecule has 72 valence electrons. The molecule has 1 saturated carbocycles. The summed E-state index contributed by atoms with van der Waals surface area (Å²) in [6.45, 7) is 1.93. The Kier molecular flexibility index (Phi) is 3.12. The predicted octanol–water partition coefficient (Wildman–Crippen LogP) is 0.562. The summed E-state index contributed by atoms with van der Waals surface area (Å²) in [5, 5.41) is 3.29. The van der Waals surface area contributed by atoms with Gasteiger partial charge in [-0.1, -0.05) is 6.42 Å². The maximum absolute atomic E-state index is 10.9. The number of nitrogens with one attached hydrogen (secondary N) is 1. The molecular weight excluding hydrogens is 174 g/mol. The van der Waals surface area contributed by atoms with Gasteiger partial charge in [-0.25, -0.2) is 8.42 Å². The van der Waals surface area contributed by atoms with Crippen LogP contribution >= 0.6 is 0 Å². The van der Waals surface area contributed by atoms with Gasteiger partial charge in [0.1, 0.15) is 9.84 Å². The number of hydrogen-bond acceptors (Lipinski definition) is 3. The lowest BCUT2D eigenvalue weighted by Gasteiger charge is -2.29. The molecular formula is C8H17NO2S. The van der Waals surface area contributed by atoms with Crippen LogP contribution in [0.2, 0.25) is 0 Å². The Balaban J connectivity index is 2.23. The Morgan fingerprint density at radius 2 is 2.08 bits per heavy atom. The Labute approximate surface area is 74.5 Å². The molecule has 3 nitrogen and oxygen atoms in total. The van der Waals surface area contributed by atoms with Gasteiger partial charge < -0.3 is 5.32 Å². The van der Waals surface area contributed by atoms with Crippen LogP contribution in [0.3, 0.4) is 0 Å². The average Bonchev–Trinajstić information content (AvgIpc) is 1.74. The van der Waals surface area contributed by atoms with Crippen molar-refractivity contribution in [3.05, 3.63) is 0 Å². The van der Waals surface area contributed by atoms with Gasteiger partial charge in [0.05, 0.1) is 5.75 Å². The standard InChI is InChI=1S/C8H17NO2S/c1-7(6-12(2,10)11)9-8-4-3-5-8/h7-9H,3-6H2,1-2H3. The van der Waals surface area contributed by atoms with E-state index in [0.29, 0.717) is 6.04 Å². The van der Waals surface area contributed by atoms with Crippen LogP contribution in [0, 0.1) is 0 Å². The zero-order chi connectivity index (χ0) is 9.19. The summed E-state index contributed by atoms with van der Waals surface area (Å²) in [7, 11) is -2.82. The molecule has 1 aliphatic rings. The maximum Gasteiger partial charge on any atom is 0.148 e. The van der Waals surface area contributed by atoms with Crippen molar-refractivity contribution in [2.45, 2.75) is 38.3 Å². The molecule has 0 spiro atoms. The van der Waals surface area contributed by atoms with Gasteiger partial charge in [0.2, 0.25) is 0 Å². The Bertz CT molecular complexity index is 231. The molecule has 0 aromatic heterocycles. The van der Waals surface area contributed by atoms with E-state index in [9.17, 15) is 8.42 Å². The molecule has 0 aromatic rings. The molecule has 0 saturated heterocycles. The van der Waals surface area contributed by atoms with Gasteiger partial charge in [-0.2, -0.15) is 0 Å². The van der Waals surface area contributed by atoms with Gasteiger partial charge in [-0.3, -0.25) is 0 Å². The fourth-order valence-electron chi connectivity index (χ4n) is 1.48. The van der Waals surface area contributed by atoms with Crippen LogP contribution < -0.4 is 5.32 Å². The zero-order valence-electron chi connectivity index (χ0n) is 7.71. The minimum absolute atomic E-state index is 0.102.